The van der Waals surface area contributed by atoms with E-state index in [-0.39, 0.29) is 12.0 Å². The average molecular weight is 450 g/mol. The normalized spacial score (nSPS) is 32.5. The lowest BCUT2D eigenvalue weighted by molar-refractivity contribution is -0.0539. The van der Waals surface area contributed by atoms with Gasteiger partial charge in [-0.3, -0.25) is 4.52 Å². The monoisotopic (exact) mass is 450 g/mol. The van der Waals surface area contributed by atoms with Crippen molar-refractivity contribution in [2.24, 2.45) is 22.7 Å². The zero-order valence-corrected chi connectivity index (χ0v) is 19.8. The Hall–Kier alpha value is -0.260. The number of phosphoric acid groups is 2. The van der Waals surface area contributed by atoms with E-state index in [9.17, 15) is 14.0 Å². The third-order valence-corrected chi connectivity index (χ3v) is 9.18. The van der Waals surface area contributed by atoms with Gasteiger partial charge in [0.05, 0.1) is 6.61 Å². The molecule has 0 saturated heterocycles. The second-order valence-corrected chi connectivity index (χ2v) is 12.4. The van der Waals surface area contributed by atoms with Crippen LogP contribution in [0.4, 0.5) is 0 Å². The van der Waals surface area contributed by atoms with E-state index in [1.165, 1.54) is 31.3 Å². The fraction of sp³-hybridized carbons (Fsp3) is 0.800. The molecule has 0 radical (unpaired) electrons. The Kier molecular flexibility index (Phi) is 7.83. The minimum Gasteiger partial charge on any atom is -0.302 e. The molecule has 0 aliphatic heterocycles. The quantitative estimate of drug-likeness (QED) is 0.319. The van der Waals surface area contributed by atoms with Crippen LogP contribution >= 0.6 is 15.6 Å². The second-order valence-electron chi connectivity index (χ2n) is 9.58. The van der Waals surface area contributed by atoms with Gasteiger partial charge in [-0.1, -0.05) is 51.0 Å². The van der Waals surface area contributed by atoms with Crippen LogP contribution in [0.15, 0.2) is 23.8 Å². The standard InChI is InChI=1S/C20H36O7P2/c1-15(11-14-26-29(24,25)27-28(21,22)23)7-9-17-16(2)8-10-18-19(3,4)12-6-13-20(17,18)5/h11,17-18H,2,6-10,12-14H2,1,3-5H3,(H,24,25)(H2,21,22,23). The summed E-state index contributed by atoms with van der Waals surface area (Å²) in [6, 6.07) is 0. The van der Waals surface area contributed by atoms with Crippen LogP contribution in [0.25, 0.3) is 0 Å². The van der Waals surface area contributed by atoms with Crippen molar-refractivity contribution in [2.45, 2.75) is 72.6 Å². The SMILES string of the molecule is C=C1CCC2C(C)(C)CCCC2(C)C1CCC(C)=CCOP(=O)(O)OP(=O)(O)O. The number of phosphoric ester groups is 1. The molecule has 4 atom stereocenters. The number of fused-ring (bicyclic) bond motifs is 1. The van der Waals surface area contributed by atoms with Crippen molar-refractivity contribution >= 4 is 15.6 Å². The Balaban J connectivity index is 1.97. The van der Waals surface area contributed by atoms with Gasteiger partial charge in [-0.05, 0) is 68.1 Å². The molecule has 0 aromatic heterocycles. The molecule has 4 unspecified atom stereocenters. The Labute approximate surface area is 174 Å². The lowest BCUT2D eigenvalue weighted by Crippen LogP contribution is -2.49. The molecule has 2 fully saturated rings. The van der Waals surface area contributed by atoms with Crippen LogP contribution in [0.5, 0.6) is 0 Å². The number of hydrogen-bond acceptors (Lipinski definition) is 4. The van der Waals surface area contributed by atoms with Crippen LogP contribution in [0.3, 0.4) is 0 Å². The molecule has 0 bridgehead atoms. The first-order valence-electron chi connectivity index (χ1n) is 10.2. The van der Waals surface area contributed by atoms with Crippen molar-refractivity contribution in [2.75, 3.05) is 6.61 Å². The topological polar surface area (TPSA) is 113 Å². The summed E-state index contributed by atoms with van der Waals surface area (Å²) in [6.07, 6.45) is 9.48. The van der Waals surface area contributed by atoms with Crippen molar-refractivity contribution < 1.29 is 32.6 Å². The first-order valence-corrected chi connectivity index (χ1v) is 13.3. The van der Waals surface area contributed by atoms with E-state index >= 15 is 0 Å². The number of allylic oxidation sites excluding steroid dienone is 2. The summed E-state index contributed by atoms with van der Waals surface area (Å²) in [4.78, 5) is 26.6. The molecule has 0 spiro atoms. The van der Waals surface area contributed by atoms with Crippen LogP contribution in [0.1, 0.15) is 72.6 Å². The highest BCUT2D eigenvalue weighted by Crippen LogP contribution is 2.62. The maximum atomic E-state index is 11.5. The molecular weight excluding hydrogens is 414 g/mol. The second kappa shape index (κ2) is 9.08. The van der Waals surface area contributed by atoms with E-state index in [0.717, 1.165) is 24.8 Å². The Morgan fingerprint density at radius 2 is 1.90 bits per heavy atom. The number of rotatable bonds is 8. The maximum absolute atomic E-state index is 11.5. The van der Waals surface area contributed by atoms with Crippen LogP contribution < -0.4 is 0 Å². The third-order valence-electron chi connectivity index (χ3n) is 7.03. The van der Waals surface area contributed by atoms with Crippen LogP contribution in [-0.2, 0) is 18.0 Å². The average Bonchev–Trinajstić information content (AvgIpc) is 2.50. The van der Waals surface area contributed by atoms with Gasteiger partial charge in [0.1, 0.15) is 0 Å². The molecule has 2 rings (SSSR count). The third kappa shape index (κ3) is 6.61. The van der Waals surface area contributed by atoms with Crippen molar-refractivity contribution in [1.29, 1.82) is 0 Å². The molecule has 9 heteroatoms. The summed E-state index contributed by atoms with van der Waals surface area (Å²) < 4.78 is 30.6. The molecule has 2 aliphatic rings. The van der Waals surface area contributed by atoms with Crippen LogP contribution in [-0.4, -0.2) is 21.3 Å². The lowest BCUT2D eigenvalue weighted by Gasteiger charge is -2.58. The molecule has 0 aromatic rings. The predicted octanol–water partition coefficient (Wildman–Crippen LogP) is 5.74. The van der Waals surface area contributed by atoms with Crippen LogP contribution in [0, 0.1) is 22.7 Å². The zero-order valence-electron chi connectivity index (χ0n) is 18.0. The summed E-state index contributed by atoms with van der Waals surface area (Å²) >= 11 is 0. The molecule has 2 aliphatic carbocycles. The molecule has 29 heavy (non-hydrogen) atoms. The van der Waals surface area contributed by atoms with Gasteiger partial charge in [0.2, 0.25) is 0 Å². The molecule has 3 N–H and O–H groups in total. The van der Waals surface area contributed by atoms with Gasteiger partial charge in [-0.2, -0.15) is 4.31 Å². The van der Waals surface area contributed by atoms with Crippen molar-refractivity contribution in [3.05, 3.63) is 23.8 Å². The summed E-state index contributed by atoms with van der Waals surface area (Å²) in [5.41, 5.74) is 2.94. The van der Waals surface area contributed by atoms with Gasteiger partial charge in [-0.25, -0.2) is 9.13 Å². The van der Waals surface area contributed by atoms with E-state index in [1.54, 1.807) is 6.08 Å². The Morgan fingerprint density at radius 1 is 1.24 bits per heavy atom. The smallest absolute Gasteiger partial charge is 0.302 e. The highest BCUT2D eigenvalue weighted by atomic mass is 31.3. The molecule has 168 valence electrons. The summed E-state index contributed by atoms with van der Waals surface area (Å²) in [7, 11) is -9.88. The fourth-order valence-corrected chi connectivity index (χ4v) is 7.24. The minimum absolute atomic E-state index is 0.252. The highest BCUT2D eigenvalue weighted by Gasteiger charge is 2.52. The van der Waals surface area contributed by atoms with E-state index in [1.807, 2.05) is 6.92 Å². The molecule has 0 aromatic carbocycles. The van der Waals surface area contributed by atoms with Gasteiger partial charge in [0, 0.05) is 0 Å². The summed E-state index contributed by atoms with van der Waals surface area (Å²) in [5, 5.41) is 0. The zero-order chi connectivity index (χ0) is 22.1. The van der Waals surface area contributed by atoms with Gasteiger partial charge in [0.15, 0.2) is 0 Å². The molecule has 0 heterocycles. The van der Waals surface area contributed by atoms with Crippen molar-refractivity contribution in [3.8, 4) is 0 Å². The van der Waals surface area contributed by atoms with Crippen molar-refractivity contribution in [1.82, 2.24) is 0 Å². The fourth-order valence-electron chi connectivity index (χ4n) is 5.71. The summed E-state index contributed by atoms with van der Waals surface area (Å²) in [5.74, 6) is 1.14. The maximum Gasteiger partial charge on any atom is 0.481 e. The highest BCUT2D eigenvalue weighted by molar-refractivity contribution is 7.60. The molecule has 0 amide bonds. The minimum atomic E-state index is -5.09. The van der Waals surface area contributed by atoms with Gasteiger partial charge < -0.3 is 14.7 Å². The van der Waals surface area contributed by atoms with Gasteiger partial charge in [-0.15, -0.1) is 0 Å². The Morgan fingerprint density at radius 3 is 2.52 bits per heavy atom. The van der Waals surface area contributed by atoms with Gasteiger partial charge >= 0.3 is 15.6 Å². The van der Waals surface area contributed by atoms with E-state index in [4.69, 9.17) is 9.79 Å². The van der Waals surface area contributed by atoms with Gasteiger partial charge in [0.25, 0.3) is 0 Å². The molecular formula is C20H36O7P2. The number of hydrogen-bond donors (Lipinski definition) is 3. The van der Waals surface area contributed by atoms with E-state index in [0.29, 0.717) is 17.3 Å². The first kappa shape index (κ1) is 25.0. The summed E-state index contributed by atoms with van der Waals surface area (Å²) in [6.45, 7) is 13.3. The first-order chi connectivity index (χ1) is 13.2. The van der Waals surface area contributed by atoms with E-state index in [2.05, 4.69) is 36.2 Å². The lowest BCUT2D eigenvalue weighted by atomic mass is 9.47. The molecule has 2 saturated carbocycles. The van der Waals surface area contributed by atoms with E-state index < -0.39 is 15.6 Å². The predicted molar refractivity (Wildman–Crippen MR) is 113 cm³/mol. The Bertz CT molecular complexity index is 739. The molecule has 7 nitrogen and oxygen atoms in total. The largest absolute Gasteiger partial charge is 0.481 e. The van der Waals surface area contributed by atoms with Crippen molar-refractivity contribution in [3.63, 3.8) is 0 Å². The van der Waals surface area contributed by atoms with Crippen LogP contribution in [0.2, 0.25) is 0 Å².